The summed E-state index contributed by atoms with van der Waals surface area (Å²) in [5.74, 6) is 0.0839. The topological polar surface area (TPSA) is 17.1 Å². The number of rotatable bonds is 1. The predicted octanol–water partition coefficient (Wildman–Crippen LogP) is 1.87. The van der Waals surface area contributed by atoms with Gasteiger partial charge in [0, 0.05) is 6.92 Å². The standard InChI is InChI=1S/C7H6OS/c1-6(8)7-4-2-3-5-9-7/h2-3,5H,1H3. The number of thioether (sulfide) groups is 1. The van der Waals surface area contributed by atoms with Crippen LogP contribution in [0.4, 0.5) is 0 Å². The van der Waals surface area contributed by atoms with Crippen LogP contribution >= 0.6 is 11.8 Å². The van der Waals surface area contributed by atoms with Crippen molar-refractivity contribution in [3.05, 3.63) is 28.2 Å². The third-order valence-electron chi connectivity index (χ3n) is 0.895. The van der Waals surface area contributed by atoms with Gasteiger partial charge in [0.1, 0.15) is 0 Å². The molecular formula is C7H6OS. The SMILES string of the molecule is CC(=O)C1=C=CC=CS1. The Morgan fingerprint density at radius 3 is 2.89 bits per heavy atom. The first-order valence-corrected chi connectivity index (χ1v) is 3.48. The molecule has 0 aromatic carbocycles. The first-order chi connectivity index (χ1) is 4.30. The maximum atomic E-state index is 10.6. The van der Waals surface area contributed by atoms with Crippen LogP contribution in [-0.4, -0.2) is 5.78 Å². The summed E-state index contributed by atoms with van der Waals surface area (Å²) in [7, 11) is 0. The Bertz CT molecular complexity index is 219. The Morgan fingerprint density at radius 2 is 2.56 bits per heavy atom. The van der Waals surface area contributed by atoms with Crippen molar-refractivity contribution in [3.63, 3.8) is 0 Å². The molecule has 0 unspecified atom stereocenters. The largest absolute Gasteiger partial charge is 0.293 e. The summed E-state index contributed by atoms with van der Waals surface area (Å²) in [4.78, 5) is 11.3. The molecule has 0 amide bonds. The van der Waals surface area contributed by atoms with E-state index < -0.39 is 0 Å². The van der Waals surface area contributed by atoms with E-state index in [1.807, 2.05) is 11.5 Å². The fourth-order valence-electron chi connectivity index (χ4n) is 0.489. The van der Waals surface area contributed by atoms with Gasteiger partial charge < -0.3 is 0 Å². The van der Waals surface area contributed by atoms with Crippen LogP contribution in [-0.2, 0) is 4.79 Å². The van der Waals surface area contributed by atoms with Crippen molar-refractivity contribution in [1.82, 2.24) is 0 Å². The fourth-order valence-corrected chi connectivity index (χ4v) is 1.08. The van der Waals surface area contributed by atoms with Gasteiger partial charge in [-0.15, -0.1) is 5.73 Å². The molecule has 1 rings (SSSR count). The van der Waals surface area contributed by atoms with E-state index in [-0.39, 0.29) is 5.78 Å². The highest BCUT2D eigenvalue weighted by molar-refractivity contribution is 8.06. The summed E-state index contributed by atoms with van der Waals surface area (Å²) in [6.45, 7) is 1.54. The molecule has 0 fully saturated rings. The molecule has 2 heteroatoms. The number of ketones is 1. The minimum Gasteiger partial charge on any atom is -0.293 e. The molecule has 0 N–H and O–H groups in total. The van der Waals surface area contributed by atoms with Gasteiger partial charge >= 0.3 is 0 Å². The summed E-state index contributed by atoms with van der Waals surface area (Å²) >= 11 is 1.42. The molecular weight excluding hydrogens is 132 g/mol. The fraction of sp³-hybridized carbons (Fsp3) is 0.143. The van der Waals surface area contributed by atoms with Crippen LogP contribution in [0.2, 0.25) is 0 Å². The molecule has 1 aliphatic rings. The molecule has 1 heterocycles. The van der Waals surface area contributed by atoms with Crippen LogP contribution < -0.4 is 0 Å². The number of allylic oxidation sites excluding steroid dienone is 2. The Kier molecular flexibility index (Phi) is 1.93. The predicted molar refractivity (Wildman–Crippen MR) is 39.0 cm³/mol. The lowest BCUT2D eigenvalue weighted by atomic mass is 10.4. The van der Waals surface area contributed by atoms with Crippen molar-refractivity contribution in [2.24, 2.45) is 0 Å². The van der Waals surface area contributed by atoms with Crippen LogP contribution in [0.1, 0.15) is 6.92 Å². The molecule has 0 atom stereocenters. The van der Waals surface area contributed by atoms with E-state index in [1.165, 1.54) is 11.8 Å². The van der Waals surface area contributed by atoms with Gasteiger partial charge in [0.25, 0.3) is 0 Å². The van der Waals surface area contributed by atoms with Crippen LogP contribution in [0.25, 0.3) is 0 Å². The van der Waals surface area contributed by atoms with Crippen molar-refractivity contribution in [2.45, 2.75) is 6.92 Å². The van der Waals surface area contributed by atoms with Crippen molar-refractivity contribution in [2.75, 3.05) is 0 Å². The zero-order valence-electron chi connectivity index (χ0n) is 5.05. The van der Waals surface area contributed by atoms with Gasteiger partial charge in [0.2, 0.25) is 0 Å². The van der Waals surface area contributed by atoms with Crippen LogP contribution in [0, 0.1) is 0 Å². The Hall–Kier alpha value is -0.720. The van der Waals surface area contributed by atoms with Gasteiger partial charge in [-0.1, -0.05) is 11.8 Å². The summed E-state index contributed by atoms with van der Waals surface area (Å²) in [5, 5.41) is 1.87. The van der Waals surface area contributed by atoms with Crippen LogP contribution in [0.3, 0.4) is 0 Å². The van der Waals surface area contributed by atoms with Gasteiger partial charge in [0.05, 0.1) is 4.91 Å². The Labute approximate surface area is 58.1 Å². The highest BCUT2D eigenvalue weighted by Crippen LogP contribution is 2.18. The molecule has 0 saturated carbocycles. The average molecular weight is 138 g/mol. The van der Waals surface area contributed by atoms with Gasteiger partial charge in [-0.25, -0.2) is 0 Å². The summed E-state index contributed by atoms with van der Waals surface area (Å²) in [5.41, 5.74) is 2.84. The van der Waals surface area contributed by atoms with E-state index in [9.17, 15) is 4.79 Å². The monoisotopic (exact) mass is 138 g/mol. The molecule has 0 spiro atoms. The van der Waals surface area contributed by atoms with Crippen molar-refractivity contribution >= 4 is 17.5 Å². The molecule has 0 bridgehead atoms. The van der Waals surface area contributed by atoms with Gasteiger partial charge in [-0.3, -0.25) is 4.79 Å². The highest BCUT2D eigenvalue weighted by Gasteiger charge is 2.01. The third-order valence-corrected chi connectivity index (χ3v) is 1.83. The molecule has 0 aromatic rings. The lowest BCUT2D eigenvalue weighted by molar-refractivity contribution is -0.112. The highest BCUT2D eigenvalue weighted by atomic mass is 32.2. The molecule has 46 valence electrons. The second kappa shape index (κ2) is 2.72. The second-order valence-electron chi connectivity index (χ2n) is 1.64. The van der Waals surface area contributed by atoms with Crippen LogP contribution in [0.15, 0.2) is 28.2 Å². The number of carbonyl (C=O) groups excluding carboxylic acids is 1. The lowest BCUT2D eigenvalue weighted by Gasteiger charge is -1.94. The van der Waals surface area contributed by atoms with Crippen molar-refractivity contribution in [3.8, 4) is 0 Å². The van der Waals surface area contributed by atoms with Gasteiger partial charge in [0.15, 0.2) is 5.78 Å². The third kappa shape index (κ3) is 1.60. The quantitative estimate of drug-likeness (QED) is 0.514. The smallest absolute Gasteiger partial charge is 0.174 e. The number of Topliss-reactive ketones (excluding diaryl/α,β-unsaturated/α-hetero) is 1. The molecule has 0 aromatic heterocycles. The van der Waals surface area contributed by atoms with E-state index in [2.05, 4.69) is 5.73 Å². The zero-order valence-corrected chi connectivity index (χ0v) is 5.87. The summed E-state index contributed by atoms with van der Waals surface area (Å²) in [6, 6.07) is 0. The van der Waals surface area contributed by atoms with E-state index in [0.29, 0.717) is 4.91 Å². The number of carbonyl (C=O) groups is 1. The normalized spacial score (nSPS) is 15.4. The molecule has 0 radical (unpaired) electrons. The van der Waals surface area contributed by atoms with E-state index in [1.54, 1.807) is 13.0 Å². The van der Waals surface area contributed by atoms with Crippen molar-refractivity contribution < 1.29 is 4.79 Å². The van der Waals surface area contributed by atoms with E-state index >= 15 is 0 Å². The number of hydrogen-bond acceptors (Lipinski definition) is 2. The van der Waals surface area contributed by atoms with E-state index in [0.717, 1.165) is 0 Å². The molecule has 9 heavy (non-hydrogen) atoms. The Balaban J connectivity index is 2.85. The lowest BCUT2D eigenvalue weighted by Crippen LogP contribution is -1.89. The van der Waals surface area contributed by atoms with Crippen LogP contribution in [0.5, 0.6) is 0 Å². The summed E-state index contributed by atoms with van der Waals surface area (Å²) in [6.07, 6.45) is 3.60. The molecule has 0 saturated heterocycles. The van der Waals surface area contributed by atoms with Crippen molar-refractivity contribution in [1.29, 1.82) is 0 Å². The minimum absolute atomic E-state index is 0.0839. The maximum absolute atomic E-state index is 10.6. The molecule has 1 nitrogen and oxygen atoms in total. The second-order valence-corrected chi connectivity index (χ2v) is 2.56. The summed E-state index contributed by atoms with van der Waals surface area (Å²) < 4.78 is 0. The minimum atomic E-state index is 0.0839. The number of hydrogen-bond donors (Lipinski definition) is 0. The zero-order chi connectivity index (χ0) is 6.69. The molecule has 1 aliphatic heterocycles. The maximum Gasteiger partial charge on any atom is 0.174 e. The van der Waals surface area contributed by atoms with Gasteiger partial charge in [-0.2, -0.15) is 0 Å². The first kappa shape index (κ1) is 6.40. The Morgan fingerprint density at radius 1 is 1.78 bits per heavy atom. The average Bonchev–Trinajstić information content (AvgIpc) is 1.90. The first-order valence-electron chi connectivity index (χ1n) is 2.60. The van der Waals surface area contributed by atoms with Gasteiger partial charge in [-0.05, 0) is 17.6 Å². The molecule has 0 aliphatic carbocycles. The van der Waals surface area contributed by atoms with E-state index in [4.69, 9.17) is 0 Å².